The maximum Gasteiger partial charge on any atom is 0.338 e. The van der Waals surface area contributed by atoms with Gasteiger partial charge in [-0.3, -0.25) is 14.2 Å². The van der Waals surface area contributed by atoms with Gasteiger partial charge in [-0.2, -0.15) is 0 Å². The van der Waals surface area contributed by atoms with Crippen LogP contribution < -0.4 is 29.6 Å². The van der Waals surface area contributed by atoms with Crippen molar-refractivity contribution in [3.63, 3.8) is 0 Å². The molecule has 11 heteroatoms. The Morgan fingerprint density at radius 2 is 1.87 bits per heavy atom. The number of fused-ring (bicyclic) bond motifs is 2. The van der Waals surface area contributed by atoms with Crippen molar-refractivity contribution < 1.29 is 29.0 Å². The molecule has 0 saturated heterocycles. The van der Waals surface area contributed by atoms with Gasteiger partial charge in [0.2, 0.25) is 0 Å². The molecule has 198 valence electrons. The summed E-state index contributed by atoms with van der Waals surface area (Å²) in [6.07, 6.45) is 1.44. The molecule has 0 N–H and O–H groups in total. The van der Waals surface area contributed by atoms with E-state index in [2.05, 4.69) is 11.6 Å². The van der Waals surface area contributed by atoms with Gasteiger partial charge < -0.3 is 24.3 Å². The van der Waals surface area contributed by atoms with Crippen LogP contribution >= 0.6 is 11.3 Å². The number of allylic oxidation sites excluding steroid dienone is 1. The average Bonchev–Trinajstić information content (AvgIpc) is 3.38. The molecule has 0 aliphatic carbocycles. The predicted octanol–water partition coefficient (Wildman–Crippen LogP) is 0.440. The molecule has 0 fully saturated rings. The highest BCUT2D eigenvalue weighted by Gasteiger charge is 2.37. The SMILES string of the molecule is C=CCOC(=O)C1=C(C)N=c2s/c(=C3\C(=O)N(CC(=O)[O-])c4ccccc43)c(=O)n2[C@H]1c1ccc(OC)cc1. The summed E-state index contributed by atoms with van der Waals surface area (Å²) in [6.45, 7) is 4.54. The summed E-state index contributed by atoms with van der Waals surface area (Å²) >= 11 is 0.998. The maximum atomic E-state index is 14.1. The number of hydrogen-bond donors (Lipinski definition) is 0. The Bertz CT molecular complexity index is 1750. The minimum atomic E-state index is -1.43. The van der Waals surface area contributed by atoms with Crippen LogP contribution in [0.3, 0.4) is 0 Å². The van der Waals surface area contributed by atoms with Crippen LogP contribution in [0.5, 0.6) is 5.75 Å². The molecular formula is C28H22N3O7S-. The number of carboxylic acids is 1. The summed E-state index contributed by atoms with van der Waals surface area (Å²) < 4.78 is 12.0. The third kappa shape index (κ3) is 4.36. The van der Waals surface area contributed by atoms with Crippen LogP contribution in [0.25, 0.3) is 5.57 Å². The molecule has 0 spiro atoms. The first-order chi connectivity index (χ1) is 18.8. The van der Waals surface area contributed by atoms with Crippen LogP contribution in [0.15, 0.2) is 82.2 Å². The molecule has 1 amide bonds. The van der Waals surface area contributed by atoms with Gasteiger partial charge in [-0.25, -0.2) is 9.79 Å². The quantitative estimate of drug-likeness (QED) is 0.312. The fraction of sp³-hybridized carbons (Fsp3) is 0.179. The van der Waals surface area contributed by atoms with Crippen molar-refractivity contribution in [2.75, 3.05) is 25.2 Å². The lowest BCUT2D eigenvalue weighted by Crippen LogP contribution is -2.42. The minimum absolute atomic E-state index is 0.0287. The van der Waals surface area contributed by atoms with Gasteiger partial charge in [0, 0.05) is 5.56 Å². The second-order valence-corrected chi connectivity index (χ2v) is 9.70. The van der Waals surface area contributed by atoms with E-state index in [0.717, 1.165) is 16.2 Å². The van der Waals surface area contributed by atoms with E-state index in [-0.39, 0.29) is 27.1 Å². The number of methoxy groups -OCH3 is 1. The molecule has 0 unspecified atom stereocenters. The van der Waals surface area contributed by atoms with E-state index < -0.39 is 36.0 Å². The number of thiazole rings is 1. The number of benzene rings is 2. The van der Waals surface area contributed by atoms with Crippen LogP contribution in [0.2, 0.25) is 0 Å². The number of nitrogens with zero attached hydrogens (tertiary/aromatic N) is 3. The van der Waals surface area contributed by atoms with Crippen LogP contribution in [-0.4, -0.2) is 42.7 Å². The smallest absolute Gasteiger partial charge is 0.338 e. The lowest BCUT2D eigenvalue weighted by Gasteiger charge is -2.24. The van der Waals surface area contributed by atoms with Crippen molar-refractivity contribution in [2.24, 2.45) is 4.99 Å². The van der Waals surface area contributed by atoms with Crippen molar-refractivity contribution in [2.45, 2.75) is 13.0 Å². The zero-order valence-electron chi connectivity index (χ0n) is 21.0. The number of esters is 1. The molecule has 2 aromatic carbocycles. The maximum absolute atomic E-state index is 14.1. The highest BCUT2D eigenvalue weighted by atomic mass is 32.1. The molecule has 2 aliphatic heterocycles. The third-order valence-corrected chi connectivity index (χ3v) is 7.47. The minimum Gasteiger partial charge on any atom is -0.548 e. The van der Waals surface area contributed by atoms with Crippen LogP contribution in [-0.2, 0) is 19.1 Å². The molecule has 0 radical (unpaired) electrons. The number of rotatable bonds is 7. The van der Waals surface area contributed by atoms with Crippen molar-refractivity contribution in [1.82, 2.24) is 4.57 Å². The van der Waals surface area contributed by atoms with E-state index >= 15 is 0 Å². The standard InChI is InChI=1S/C28H23N3O7S/c1-4-13-38-27(36)21-15(2)29-28-31(23(21)16-9-11-17(37-3)12-10-16)26(35)24(39-28)22-18-7-5-6-8-19(18)30(25(22)34)14-20(32)33/h4-12,23H,1,13-14H2,2-3H3,(H,32,33)/p-1/b24-22-/t23-/m0/s1. The first-order valence-electron chi connectivity index (χ1n) is 11.8. The van der Waals surface area contributed by atoms with Gasteiger partial charge in [-0.1, -0.05) is 54.3 Å². The first kappa shape index (κ1) is 25.9. The predicted molar refractivity (Wildman–Crippen MR) is 141 cm³/mol. The van der Waals surface area contributed by atoms with Crippen LogP contribution in [0.4, 0.5) is 5.69 Å². The molecule has 0 bridgehead atoms. The van der Waals surface area contributed by atoms with E-state index in [4.69, 9.17) is 9.47 Å². The monoisotopic (exact) mass is 544 g/mol. The Morgan fingerprint density at radius 3 is 2.54 bits per heavy atom. The van der Waals surface area contributed by atoms with E-state index in [1.807, 2.05) is 0 Å². The summed E-state index contributed by atoms with van der Waals surface area (Å²) in [7, 11) is 1.53. The van der Waals surface area contributed by atoms with E-state index in [1.54, 1.807) is 55.5 Å². The molecule has 39 heavy (non-hydrogen) atoms. The first-order valence-corrected chi connectivity index (χ1v) is 12.7. The number of amides is 1. The highest BCUT2D eigenvalue weighted by Crippen LogP contribution is 2.35. The zero-order valence-corrected chi connectivity index (χ0v) is 21.8. The molecule has 5 rings (SSSR count). The van der Waals surface area contributed by atoms with Gasteiger partial charge in [0.05, 0.1) is 48.2 Å². The lowest BCUT2D eigenvalue weighted by molar-refractivity contribution is -0.303. The Balaban J connectivity index is 1.78. The number of carbonyl (C=O) groups is 3. The van der Waals surface area contributed by atoms with Gasteiger partial charge in [0.25, 0.3) is 11.5 Å². The Hall–Kier alpha value is -4.77. The molecule has 3 aromatic rings. The largest absolute Gasteiger partial charge is 0.548 e. The summed E-state index contributed by atoms with van der Waals surface area (Å²) in [6, 6.07) is 12.6. The summed E-state index contributed by atoms with van der Waals surface area (Å²) in [5.41, 5.74) is 1.45. The Labute approximate surface area is 226 Å². The summed E-state index contributed by atoms with van der Waals surface area (Å²) in [4.78, 5) is 58.0. The molecule has 3 heterocycles. The molecular weight excluding hydrogens is 522 g/mol. The van der Waals surface area contributed by atoms with Crippen molar-refractivity contribution in [3.05, 3.63) is 103 Å². The normalized spacial score (nSPS) is 17.3. The Kier molecular flexibility index (Phi) is 6.75. The number of para-hydroxylation sites is 1. The molecule has 1 atom stereocenters. The number of hydrogen-bond acceptors (Lipinski definition) is 9. The number of anilines is 1. The Morgan fingerprint density at radius 1 is 1.15 bits per heavy atom. The van der Waals surface area contributed by atoms with Crippen molar-refractivity contribution >= 4 is 40.4 Å². The van der Waals surface area contributed by atoms with Gasteiger partial charge in [-0.05, 0) is 30.7 Å². The summed E-state index contributed by atoms with van der Waals surface area (Å²) in [5, 5.41) is 11.4. The molecule has 10 nitrogen and oxygen atoms in total. The van der Waals surface area contributed by atoms with Crippen molar-refractivity contribution in [1.29, 1.82) is 0 Å². The summed E-state index contributed by atoms with van der Waals surface area (Å²) in [5.74, 6) is -2.13. The highest BCUT2D eigenvalue weighted by molar-refractivity contribution is 7.07. The van der Waals surface area contributed by atoms with Crippen molar-refractivity contribution in [3.8, 4) is 5.75 Å². The lowest BCUT2D eigenvalue weighted by atomic mass is 9.96. The fourth-order valence-corrected chi connectivity index (χ4v) is 5.87. The van der Waals surface area contributed by atoms with Crippen LogP contribution in [0.1, 0.15) is 24.1 Å². The zero-order chi connectivity index (χ0) is 27.8. The topological polar surface area (TPSA) is 130 Å². The number of carbonyl (C=O) groups excluding carboxylic acids is 3. The second kappa shape index (κ2) is 10.2. The average molecular weight is 545 g/mol. The van der Waals surface area contributed by atoms with E-state index in [1.165, 1.54) is 17.8 Å². The van der Waals surface area contributed by atoms with Gasteiger partial charge in [0.15, 0.2) is 4.80 Å². The van der Waals surface area contributed by atoms with E-state index in [9.17, 15) is 24.3 Å². The number of aliphatic carboxylic acids is 1. The number of ether oxygens (including phenoxy) is 2. The van der Waals surface area contributed by atoms with Crippen LogP contribution in [0, 0.1) is 0 Å². The molecule has 2 aliphatic rings. The third-order valence-electron chi connectivity index (χ3n) is 6.42. The van der Waals surface area contributed by atoms with Gasteiger partial charge >= 0.3 is 5.97 Å². The second-order valence-electron chi connectivity index (χ2n) is 8.72. The van der Waals surface area contributed by atoms with Gasteiger partial charge in [0.1, 0.15) is 16.9 Å². The molecule has 0 saturated carbocycles. The van der Waals surface area contributed by atoms with E-state index in [0.29, 0.717) is 28.3 Å². The number of carboxylic acid groups (broad SMARTS) is 1. The number of aromatic nitrogens is 1. The molecule has 1 aromatic heterocycles. The van der Waals surface area contributed by atoms with Gasteiger partial charge in [-0.15, -0.1) is 0 Å². The fourth-order valence-electron chi connectivity index (χ4n) is 4.73.